The van der Waals surface area contributed by atoms with Gasteiger partial charge in [-0.3, -0.25) is 5.10 Å². The SMILES string of the molecule is CCCNCc1n[nH]c(C)c1S(=O)(=O)NCc1nccs1. The molecule has 2 aromatic rings. The number of hydrogen-bond acceptors (Lipinski definition) is 6. The first-order valence-electron chi connectivity index (χ1n) is 6.67. The Balaban J connectivity index is 2.13. The Morgan fingerprint density at radius 3 is 2.86 bits per heavy atom. The number of thiazole rings is 1. The molecule has 2 heterocycles. The molecule has 0 aliphatic heterocycles. The number of aromatic nitrogens is 3. The summed E-state index contributed by atoms with van der Waals surface area (Å²) in [6, 6.07) is 0. The fourth-order valence-electron chi connectivity index (χ4n) is 1.90. The molecule has 0 aliphatic carbocycles. The molecule has 0 aliphatic rings. The third-order valence-electron chi connectivity index (χ3n) is 2.85. The summed E-state index contributed by atoms with van der Waals surface area (Å²) in [6.07, 6.45) is 2.63. The second kappa shape index (κ2) is 7.12. The lowest BCUT2D eigenvalue weighted by atomic mass is 10.3. The summed E-state index contributed by atoms with van der Waals surface area (Å²) in [6.45, 7) is 5.18. The molecule has 0 saturated heterocycles. The van der Waals surface area contributed by atoms with Gasteiger partial charge in [-0.2, -0.15) is 5.10 Å². The first kappa shape index (κ1) is 16.1. The summed E-state index contributed by atoms with van der Waals surface area (Å²) < 4.78 is 27.4. The second-order valence-electron chi connectivity index (χ2n) is 4.55. The van der Waals surface area contributed by atoms with Gasteiger partial charge in [-0.25, -0.2) is 18.1 Å². The van der Waals surface area contributed by atoms with E-state index in [2.05, 4.69) is 32.1 Å². The monoisotopic (exact) mass is 329 g/mol. The highest BCUT2D eigenvalue weighted by atomic mass is 32.2. The summed E-state index contributed by atoms with van der Waals surface area (Å²) >= 11 is 1.41. The van der Waals surface area contributed by atoms with E-state index in [0.29, 0.717) is 17.9 Å². The molecule has 0 fully saturated rings. The normalized spacial score (nSPS) is 11.9. The lowest BCUT2D eigenvalue weighted by molar-refractivity contribution is 0.577. The number of rotatable bonds is 8. The van der Waals surface area contributed by atoms with Gasteiger partial charge in [0.15, 0.2) is 0 Å². The quantitative estimate of drug-likeness (QED) is 0.631. The average Bonchev–Trinajstić information content (AvgIpc) is 3.07. The zero-order chi connectivity index (χ0) is 15.3. The Labute approximate surface area is 128 Å². The number of nitrogens with zero attached hydrogens (tertiary/aromatic N) is 2. The Morgan fingerprint density at radius 1 is 1.38 bits per heavy atom. The highest BCUT2D eigenvalue weighted by Gasteiger charge is 2.24. The highest BCUT2D eigenvalue weighted by molar-refractivity contribution is 7.89. The lowest BCUT2D eigenvalue weighted by Gasteiger charge is -2.07. The third kappa shape index (κ3) is 4.10. The van der Waals surface area contributed by atoms with E-state index in [-0.39, 0.29) is 11.4 Å². The van der Waals surface area contributed by atoms with Gasteiger partial charge in [0.25, 0.3) is 0 Å². The van der Waals surface area contributed by atoms with Gasteiger partial charge in [0.05, 0.1) is 17.9 Å². The van der Waals surface area contributed by atoms with Gasteiger partial charge in [0.1, 0.15) is 9.90 Å². The van der Waals surface area contributed by atoms with E-state index in [0.717, 1.165) is 18.0 Å². The van der Waals surface area contributed by atoms with E-state index in [1.165, 1.54) is 11.3 Å². The van der Waals surface area contributed by atoms with Crippen molar-refractivity contribution in [2.75, 3.05) is 6.54 Å². The largest absolute Gasteiger partial charge is 0.311 e. The van der Waals surface area contributed by atoms with Crippen LogP contribution >= 0.6 is 11.3 Å². The molecule has 3 N–H and O–H groups in total. The van der Waals surface area contributed by atoms with Crippen molar-refractivity contribution in [2.24, 2.45) is 0 Å². The molecule has 0 atom stereocenters. The van der Waals surface area contributed by atoms with E-state index >= 15 is 0 Å². The molecule has 0 unspecified atom stereocenters. The first-order valence-corrected chi connectivity index (χ1v) is 9.03. The molecule has 116 valence electrons. The van der Waals surface area contributed by atoms with E-state index in [1.54, 1.807) is 13.1 Å². The Bertz CT molecular complexity index is 664. The molecule has 0 bridgehead atoms. The standard InChI is InChI=1S/C12H19N5O2S2/c1-3-4-13-7-10-12(9(2)16-17-10)21(18,19)15-8-11-14-5-6-20-11/h5-6,13,15H,3-4,7-8H2,1-2H3,(H,16,17). The molecule has 2 rings (SSSR count). The minimum atomic E-state index is -3.61. The molecular formula is C12H19N5O2S2. The van der Waals surface area contributed by atoms with Crippen LogP contribution in [0.25, 0.3) is 0 Å². The molecule has 21 heavy (non-hydrogen) atoms. The fraction of sp³-hybridized carbons (Fsp3) is 0.500. The molecule has 0 spiro atoms. The van der Waals surface area contributed by atoms with Gasteiger partial charge in [0, 0.05) is 18.1 Å². The molecular weight excluding hydrogens is 310 g/mol. The summed E-state index contributed by atoms with van der Waals surface area (Å²) in [5.74, 6) is 0. The van der Waals surface area contributed by atoms with Crippen LogP contribution in [0.3, 0.4) is 0 Å². The summed E-state index contributed by atoms with van der Waals surface area (Å²) in [5.41, 5.74) is 1.04. The molecule has 0 radical (unpaired) electrons. The smallest absolute Gasteiger partial charge is 0.244 e. The van der Waals surface area contributed by atoms with Crippen molar-refractivity contribution < 1.29 is 8.42 Å². The zero-order valence-electron chi connectivity index (χ0n) is 12.0. The number of nitrogens with one attached hydrogen (secondary N) is 3. The van der Waals surface area contributed by atoms with Crippen LogP contribution in [-0.4, -0.2) is 30.1 Å². The van der Waals surface area contributed by atoms with Crippen LogP contribution in [0.5, 0.6) is 0 Å². The van der Waals surface area contributed by atoms with Crippen molar-refractivity contribution in [1.29, 1.82) is 0 Å². The zero-order valence-corrected chi connectivity index (χ0v) is 13.6. The molecule has 9 heteroatoms. The van der Waals surface area contributed by atoms with Gasteiger partial charge in [-0.05, 0) is 19.9 Å². The van der Waals surface area contributed by atoms with E-state index in [4.69, 9.17) is 0 Å². The van der Waals surface area contributed by atoms with Crippen LogP contribution in [0, 0.1) is 6.92 Å². The third-order valence-corrected chi connectivity index (χ3v) is 5.23. The minimum absolute atomic E-state index is 0.187. The van der Waals surface area contributed by atoms with Crippen molar-refractivity contribution in [2.45, 2.75) is 38.3 Å². The maximum Gasteiger partial charge on any atom is 0.244 e. The molecule has 7 nitrogen and oxygen atoms in total. The molecule has 0 amide bonds. The van der Waals surface area contributed by atoms with Gasteiger partial charge in [-0.1, -0.05) is 6.92 Å². The van der Waals surface area contributed by atoms with Gasteiger partial charge in [0.2, 0.25) is 10.0 Å². The van der Waals surface area contributed by atoms with Crippen LogP contribution in [0.15, 0.2) is 16.5 Å². The maximum absolute atomic E-state index is 12.4. The molecule has 0 saturated carbocycles. The van der Waals surface area contributed by atoms with Crippen LogP contribution < -0.4 is 10.0 Å². The van der Waals surface area contributed by atoms with E-state index < -0.39 is 10.0 Å². The van der Waals surface area contributed by atoms with Gasteiger partial charge < -0.3 is 5.32 Å². The molecule has 0 aromatic carbocycles. The van der Waals surface area contributed by atoms with E-state index in [9.17, 15) is 8.42 Å². The van der Waals surface area contributed by atoms with Crippen molar-refractivity contribution in [3.63, 3.8) is 0 Å². The Morgan fingerprint density at radius 2 is 2.19 bits per heavy atom. The van der Waals surface area contributed by atoms with Crippen molar-refractivity contribution in [3.8, 4) is 0 Å². The number of sulfonamides is 1. The lowest BCUT2D eigenvalue weighted by Crippen LogP contribution is -2.25. The fourth-order valence-corrected chi connectivity index (χ4v) is 3.89. The predicted octanol–water partition coefficient (Wildman–Crippen LogP) is 1.15. The maximum atomic E-state index is 12.4. The topological polar surface area (TPSA) is 99.8 Å². The van der Waals surface area contributed by atoms with Crippen LogP contribution in [-0.2, 0) is 23.1 Å². The average molecular weight is 329 g/mol. The Kier molecular flexibility index (Phi) is 5.45. The van der Waals surface area contributed by atoms with Crippen LogP contribution in [0.2, 0.25) is 0 Å². The van der Waals surface area contributed by atoms with Gasteiger partial charge >= 0.3 is 0 Å². The number of aryl methyl sites for hydroxylation is 1. The van der Waals surface area contributed by atoms with Gasteiger partial charge in [-0.15, -0.1) is 11.3 Å². The second-order valence-corrected chi connectivity index (χ2v) is 7.23. The van der Waals surface area contributed by atoms with E-state index in [1.807, 2.05) is 5.38 Å². The minimum Gasteiger partial charge on any atom is -0.311 e. The van der Waals surface area contributed by atoms with Crippen LogP contribution in [0.4, 0.5) is 0 Å². The van der Waals surface area contributed by atoms with Crippen molar-refractivity contribution >= 4 is 21.4 Å². The Hall–Kier alpha value is -1.29. The number of H-pyrrole nitrogens is 1. The highest BCUT2D eigenvalue weighted by Crippen LogP contribution is 2.18. The van der Waals surface area contributed by atoms with Crippen molar-refractivity contribution in [3.05, 3.63) is 28.0 Å². The number of aromatic amines is 1. The summed E-state index contributed by atoms with van der Waals surface area (Å²) in [5, 5.41) is 12.5. The van der Waals surface area contributed by atoms with Crippen molar-refractivity contribution in [1.82, 2.24) is 25.2 Å². The first-order chi connectivity index (χ1) is 10.0. The predicted molar refractivity (Wildman–Crippen MR) is 81.5 cm³/mol. The summed E-state index contributed by atoms with van der Waals surface area (Å²) in [4.78, 5) is 4.29. The van der Waals surface area contributed by atoms with Crippen LogP contribution in [0.1, 0.15) is 29.7 Å². The number of hydrogen-bond donors (Lipinski definition) is 3. The molecule has 2 aromatic heterocycles. The summed E-state index contributed by atoms with van der Waals surface area (Å²) in [7, 11) is -3.61.